The SMILES string of the molecule is Cc1cccc2c1c(CN)cn2C1CC1. The van der Waals surface area contributed by atoms with Crippen LogP contribution in [-0.4, -0.2) is 4.57 Å². The first-order valence-corrected chi connectivity index (χ1v) is 5.60. The molecule has 0 spiro atoms. The molecule has 1 saturated carbocycles. The van der Waals surface area contributed by atoms with Crippen molar-refractivity contribution >= 4 is 10.9 Å². The summed E-state index contributed by atoms with van der Waals surface area (Å²) in [6.07, 6.45) is 4.89. The first-order chi connectivity index (χ1) is 7.31. The van der Waals surface area contributed by atoms with Crippen LogP contribution in [0.5, 0.6) is 0 Å². The van der Waals surface area contributed by atoms with Gasteiger partial charge in [0.2, 0.25) is 0 Å². The number of rotatable bonds is 2. The van der Waals surface area contributed by atoms with Crippen LogP contribution in [0.3, 0.4) is 0 Å². The van der Waals surface area contributed by atoms with Crippen molar-refractivity contribution in [3.63, 3.8) is 0 Å². The molecule has 2 aromatic rings. The number of aromatic nitrogens is 1. The third-order valence-corrected chi connectivity index (χ3v) is 3.31. The number of nitrogens with two attached hydrogens (primary N) is 1. The summed E-state index contributed by atoms with van der Waals surface area (Å²) in [5.74, 6) is 0. The average Bonchev–Trinajstić information content (AvgIpc) is 3.00. The third-order valence-electron chi connectivity index (χ3n) is 3.31. The van der Waals surface area contributed by atoms with Gasteiger partial charge in [0.05, 0.1) is 0 Å². The van der Waals surface area contributed by atoms with Crippen molar-refractivity contribution in [3.05, 3.63) is 35.5 Å². The zero-order chi connectivity index (χ0) is 10.4. The molecule has 3 rings (SSSR count). The van der Waals surface area contributed by atoms with Gasteiger partial charge in [0.25, 0.3) is 0 Å². The fourth-order valence-corrected chi connectivity index (χ4v) is 2.40. The molecule has 2 N–H and O–H groups in total. The Morgan fingerprint density at radius 3 is 2.87 bits per heavy atom. The molecule has 0 bridgehead atoms. The van der Waals surface area contributed by atoms with Crippen LogP contribution in [0.2, 0.25) is 0 Å². The number of hydrogen-bond acceptors (Lipinski definition) is 1. The van der Waals surface area contributed by atoms with Gasteiger partial charge in [-0.05, 0) is 37.0 Å². The Bertz CT molecular complexity index is 506. The Morgan fingerprint density at radius 1 is 1.40 bits per heavy atom. The lowest BCUT2D eigenvalue weighted by atomic mass is 10.1. The Kier molecular flexibility index (Phi) is 1.86. The maximum absolute atomic E-state index is 5.81. The Balaban J connectivity index is 2.33. The zero-order valence-electron chi connectivity index (χ0n) is 9.03. The van der Waals surface area contributed by atoms with Crippen molar-refractivity contribution in [1.82, 2.24) is 4.57 Å². The highest BCUT2D eigenvalue weighted by molar-refractivity contribution is 5.87. The fourth-order valence-electron chi connectivity index (χ4n) is 2.40. The molecule has 0 atom stereocenters. The second-order valence-corrected chi connectivity index (χ2v) is 4.47. The van der Waals surface area contributed by atoms with Crippen LogP contribution in [0.4, 0.5) is 0 Å². The predicted octanol–water partition coefficient (Wildman–Crippen LogP) is 2.74. The van der Waals surface area contributed by atoms with Gasteiger partial charge in [-0.2, -0.15) is 0 Å². The molecular weight excluding hydrogens is 184 g/mol. The van der Waals surface area contributed by atoms with Crippen molar-refractivity contribution in [2.45, 2.75) is 32.4 Å². The largest absolute Gasteiger partial charge is 0.344 e. The number of fused-ring (bicyclic) bond motifs is 1. The molecule has 1 aromatic carbocycles. The quantitative estimate of drug-likeness (QED) is 0.794. The van der Waals surface area contributed by atoms with Crippen molar-refractivity contribution in [3.8, 4) is 0 Å². The lowest BCUT2D eigenvalue weighted by molar-refractivity contribution is 0.771. The average molecular weight is 200 g/mol. The van der Waals surface area contributed by atoms with E-state index in [9.17, 15) is 0 Å². The Hall–Kier alpha value is -1.28. The van der Waals surface area contributed by atoms with E-state index in [1.54, 1.807) is 0 Å². The van der Waals surface area contributed by atoms with E-state index in [1.165, 1.54) is 34.9 Å². The Labute approximate surface area is 89.7 Å². The second kappa shape index (κ2) is 3.11. The van der Waals surface area contributed by atoms with E-state index in [0.717, 1.165) is 6.04 Å². The highest BCUT2D eigenvalue weighted by atomic mass is 15.0. The molecular formula is C13H16N2. The Morgan fingerprint density at radius 2 is 2.20 bits per heavy atom. The molecule has 2 heteroatoms. The van der Waals surface area contributed by atoms with E-state index in [0.29, 0.717) is 6.54 Å². The molecule has 0 aliphatic heterocycles. The van der Waals surface area contributed by atoms with E-state index in [1.807, 2.05) is 0 Å². The highest BCUT2D eigenvalue weighted by Gasteiger charge is 2.25. The van der Waals surface area contributed by atoms with Crippen molar-refractivity contribution in [2.24, 2.45) is 5.73 Å². The van der Waals surface area contributed by atoms with Crippen LogP contribution in [0, 0.1) is 6.92 Å². The molecule has 1 aliphatic rings. The van der Waals surface area contributed by atoms with Crippen molar-refractivity contribution < 1.29 is 0 Å². The summed E-state index contributed by atoms with van der Waals surface area (Å²) in [6, 6.07) is 7.24. The van der Waals surface area contributed by atoms with Crippen molar-refractivity contribution in [1.29, 1.82) is 0 Å². The first-order valence-electron chi connectivity index (χ1n) is 5.60. The first kappa shape index (κ1) is 8.98. The van der Waals surface area contributed by atoms with Crippen LogP contribution in [0.15, 0.2) is 24.4 Å². The van der Waals surface area contributed by atoms with Gasteiger partial charge in [-0.3, -0.25) is 0 Å². The van der Waals surface area contributed by atoms with Crippen LogP contribution in [0.1, 0.15) is 30.0 Å². The molecule has 1 fully saturated rings. The standard InChI is InChI=1S/C13H16N2/c1-9-3-2-4-12-13(9)10(7-14)8-15(12)11-5-6-11/h2-4,8,11H,5-7,14H2,1H3. The van der Waals surface area contributed by atoms with Crippen molar-refractivity contribution in [2.75, 3.05) is 0 Å². The van der Waals surface area contributed by atoms with E-state index in [2.05, 4.69) is 35.9 Å². The topological polar surface area (TPSA) is 30.9 Å². The summed E-state index contributed by atoms with van der Waals surface area (Å²) in [5.41, 5.74) is 9.79. The summed E-state index contributed by atoms with van der Waals surface area (Å²) in [7, 11) is 0. The van der Waals surface area contributed by atoms with E-state index in [-0.39, 0.29) is 0 Å². The van der Waals surface area contributed by atoms with Crippen LogP contribution < -0.4 is 5.73 Å². The molecule has 0 amide bonds. The lowest BCUT2D eigenvalue weighted by Crippen LogP contribution is -1.95. The minimum Gasteiger partial charge on any atom is -0.344 e. The van der Waals surface area contributed by atoms with E-state index in [4.69, 9.17) is 5.73 Å². The number of nitrogens with zero attached hydrogens (tertiary/aromatic N) is 1. The molecule has 15 heavy (non-hydrogen) atoms. The number of hydrogen-bond donors (Lipinski definition) is 1. The molecule has 2 nitrogen and oxygen atoms in total. The van der Waals surface area contributed by atoms with Gasteiger partial charge >= 0.3 is 0 Å². The normalized spacial score (nSPS) is 16.1. The third kappa shape index (κ3) is 1.29. The minimum absolute atomic E-state index is 0.640. The maximum atomic E-state index is 5.81. The monoisotopic (exact) mass is 200 g/mol. The second-order valence-electron chi connectivity index (χ2n) is 4.47. The van der Waals surface area contributed by atoms with Gasteiger partial charge in [-0.1, -0.05) is 12.1 Å². The smallest absolute Gasteiger partial charge is 0.0488 e. The van der Waals surface area contributed by atoms with E-state index < -0.39 is 0 Å². The predicted molar refractivity (Wildman–Crippen MR) is 62.8 cm³/mol. The zero-order valence-corrected chi connectivity index (χ0v) is 9.03. The van der Waals surface area contributed by atoms with Gasteiger partial charge in [0.15, 0.2) is 0 Å². The van der Waals surface area contributed by atoms with Gasteiger partial charge < -0.3 is 10.3 Å². The fraction of sp³-hybridized carbons (Fsp3) is 0.385. The van der Waals surface area contributed by atoms with E-state index >= 15 is 0 Å². The summed E-state index contributed by atoms with van der Waals surface area (Å²) < 4.78 is 2.41. The molecule has 1 aromatic heterocycles. The van der Waals surface area contributed by atoms with Gasteiger partial charge in [-0.25, -0.2) is 0 Å². The lowest BCUT2D eigenvalue weighted by Gasteiger charge is -2.02. The van der Waals surface area contributed by atoms with Gasteiger partial charge in [0, 0.05) is 29.7 Å². The summed E-state index contributed by atoms with van der Waals surface area (Å²) in [5, 5.41) is 1.37. The highest BCUT2D eigenvalue weighted by Crippen LogP contribution is 2.39. The van der Waals surface area contributed by atoms with Crippen LogP contribution in [-0.2, 0) is 6.54 Å². The summed E-state index contributed by atoms with van der Waals surface area (Å²) in [4.78, 5) is 0. The molecule has 0 saturated heterocycles. The number of aryl methyl sites for hydroxylation is 1. The summed E-state index contributed by atoms with van der Waals surface area (Å²) in [6.45, 7) is 2.81. The molecule has 78 valence electrons. The van der Waals surface area contributed by atoms with Crippen LogP contribution in [0.25, 0.3) is 10.9 Å². The molecule has 0 radical (unpaired) electrons. The molecule has 1 heterocycles. The van der Waals surface area contributed by atoms with Crippen LogP contribution >= 0.6 is 0 Å². The van der Waals surface area contributed by atoms with Gasteiger partial charge in [0.1, 0.15) is 0 Å². The summed E-state index contributed by atoms with van der Waals surface area (Å²) >= 11 is 0. The number of benzene rings is 1. The molecule has 1 aliphatic carbocycles. The minimum atomic E-state index is 0.640. The van der Waals surface area contributed by atoms with Gasteiger partial charge in [-0.15, -0.1) is 0 Å². The maximum Gasteiger partial charge on any atom is 0.0488 e. The molecule has 0 unspecified atom stereocenters.